The lowest BCUT2D eigenvalue weighted by molar-refractivity contribution is -0.143. The van der Waals surface area contributed by atoms with Gasteiger partial charge in [0.1, 0.15) is 5.78 Å². The predicted octanol–water partition coefficient (Wildman–Crippen LogP) is 1.99. The molecule has 1 aliphatic heterocycles. The molecule has 88 valence electrons. The van der Waals surface area contributed by atoms with Crippen LogP contribution in [0.3, 0.4) is 0 Å². The first kappa shape index (κ1) is 12.8. The first-order chi connectivity index (χ1) is 6.97. The number of alkyl halides is 3. The van der Waals surface area contributed by atoms with E-state index >= 15 is 0 Å². The van der Waals surface area contributed by atoms with E-state index in [9.17, 15) is 18.0 Å². The highest BCUT2D eigenvalue weighted by molar-refractivity contribution is 7.99. The van der Waals surface area contributed by atoms with Crippen LogP contribution < -0.4 is 5.32 Å². The molecule has 0 aromatic heterocycles. The van der Waals surface area contributed by atoms with Gasteiger partial charge in [-0.1, -0.05) is 0 Å². The Morgan fingerprint density at radius 1 is 1.47 bits per heavy atom. The summed E-state index contributed by atoms with van der Waals surface area (Å²) in [5, 5.41) is 3.12. The molecule has 0 aromatic rings. The van der Waals surface area contributed by atoms with E-state index in [1.807, 2.05) is 0 Å². The van der Waals surface area contributed by atoms with Crippen LogP contribution in [0.5, 0.6) is 0 Å². The fourth-order valence-corrected chi connectivity index (χ4v) is 2.36. The molecule has 1 saturated heterocycles. The lowest BCUT2D eigenvalue weighted by Gasteiger charge is -2.22. The van der Waals surface area contributed by atoms with Crippen molar-refractivity contribution >= 4 is 17.5 Å². The predicted molar refractivity (Wildman–Crippen MR) is 54.0 cm³/mol. The first-order valence-corrected chi connectivity index (χ1v) is 6.02. The maximum Gasteiger partial charge on any atom is 0.389 e. The summed E-state index contributed by atoms with van der Waals surface area (Å²) < 4.78 is 35.5. The van der Waals surface area contributed by atoms with E-state index in [4.69, 9.17) is 0 Å². The third kappa shape index (κ3) is 6.04. The maximum atomic E-state index is 11.8. The summed E-state index contributed by atoms with van der Waals surface area (Å²) in [6, 6.07) is 0.0597. The van der Waals surface area contributed by atoms with Crippen molar-refractivity contribution in [3.63, 3.8) is 0 Å². The number of hydrogen-bond donors (Lipinski definition) is 1. The minimum atomic E-state index is -4.22. The lowest BCUT2D eigenvalue weighted by atomic mass is 10.1. The van der Waals surface area contributed by atoms with Gasteiger partial charge in [0.25, 0.3) is 0 Å². The van der Waals surface area contributed by atoms with Gasteiger partial charge in [-0.15, -0.1) is 0 Å². The molecular formula is C9H14F3NOS. The van der Waals surface area contributed by atoms with Crippen molar-refractivity contribution in [2.75, 3.05) is 18.1 Å². The van der Waals surface area contributed by atoms with E-state index in [0.29, 0.717) is 0 Å². The van der Waals surface area contributed by atoms with Crippen molar-refractivity contribution < 1.29 is 18.0 Å². The zero-order valence-corrected chi connectivity index (χ0v) is 9.09. The van der Waals surface area contributed by atoms with E-state index < -0.39 is 12.6 Å². The minimum absolute atomic E-state index is 0.0597. The molecule has 0 bridgehead atoms. The topological polar surface area (TPSA) is 29.1 Å². The van der Waals surface area contributed by atoms with E-state index in [0.717, 1.165) is 18.1 Å². The maximum absolute atomic E-state index is 11.8. The van der Waals surface area contributed by atoms with E-state index in [-0.39, 0.29) is 24.7 Å². The standard InChI is InChI=1S/C9H14F3NOS/c10-9(11,12)2-1-8(14)5-7-6-15-4-3-13-7/h7,13H,1-6H2. The molecule has 1 aliphatic rings. The van der Waals surface area contributed by atoms with Gasteiger partial charge in [-0.2, -0.15) is 24.9 Å². The Bertz CT molecular complexity index is 214. The number of Topliss-reactive ketones (excluding diaryl/α,β-unsaturated/α-hetero) is 1. The van der Waals surface area contributed by atoms with Gasteiger partial charge in [-0.25, -0.2) is 0 Å². The molecule has 0 amide bonds. The normalized spacial score (nSPS) is 22.7. The van der Waals surface area contributed by atoms with Gasteiger partial charge < -0.3 is 5.32 Å². The molecular weight excluding hydrogens is 227 g/mol. The number of halogens is 3. The smallest absolute Gasteiger partial charge is 0.312 e. The largest absolute Gasteiger partial charge is 0.389 e. The number of hydrogen-bond acceptors (Lipinski definition) is 3. The van der Waals surface area contributed by atoms with Crippen molar-refractivity contribution in [2.45, 2.75) is 31.5 Å². The van der Waals surface area contributed by atoms with Crippen LogP contribution in [-0.2, 0) is 4.79 Å². The zero-order valence-electron chi connectivity index (χ0n) is 8.27. The van der Waals surface area contributed by atoms with Crippen LogP contribution in [0.1, 0.15) is 19.3 Å². The Hall–Kier alpha value is -0.230. The van der Waals surface area contributed by atoms with Crippen LogP contribution in [0, 0.1) is 0 Å². The second kappa shape index (κ2) is 5.75. The highest BCUT2D eigenvalue weighted by Gasteiger charge is 2.28. The lowest BCUT2D eigenvalue weighted by Crippen LogP contribution is -2.38. The molecule has 0 spiro atoms. The molecule has 1 unspecified atom stereocenters. The second-order valence-corrected chi connectivity index (χ2v) is 4.73. The highest BCUT2D eigenvalue weighted by Crippen LogP contribution is 2.22. The Morgan fingerprint density at radius 3 is 2.73 bits per heavy atom. The number of rotatable bonds is 4. The molecule has 0 saturated carbocycles. The second-order valence-electron chi connectivity index (χ2n) is 3.58. The summed E-state index contributed by atoms with van der Waals surface area (Å²) in [4.78, 5) is 11.2. The summed E-state index contributed by atoms with van der Waals surface area (Å²) in [7, 11) is 0. The van der Waals surface area contributed by atoms with Gasteiger partial charge in [0.2, 0.25) is 0 Å². The Labute approximate surface area is 91.0 Å². The molecule has 1 N–H and O–H groups in total. The number of nitrogens with one attached hydrogen (secondary N) is 1. The summed E-state index contributed by atoms with van der Waals surface area (Å²) in [6.07, 6.45) is -5.37. The Balaban J connectivity index is 2.17. The number of thioether (sulfide) groups is 1. The molecule has 0 aromatic carbocycles. The molecule has 0 aliphatic carbocycles. The van der Waals surface area contributed by atoms with Gasteiger partial charge in [0.15, 0.2) is 0 Å². The third-order valence-electron chi connectivity index (χ3n) is 2.16. The average molecular weight is 241 g/mol. The number of carbonyl (C=O) groups excluding carboxylic acids is 1. The average Bonchev–Trinajstić information content (AvgIpc) is 2.15. The Morgan fingerprint density at radius 2 is 2.20 bits per heavy atom. The van der Waals surface area contributed by atoms with Crippen LogP contribution in [0.15, 0.2) is 0 Å². The fraction of sp³-hybridized carbons (Fsp3) is 0.889. The van der Waals surface area contributed by atoms with Crippen molar-refractivity contribution in [2.24, 2.45) is 0 Å². The molecule has 1 heterocycles. The van der Waals surface area contributed by atoms with Gasteiger partial charge in [-0.3, -0.25) is 4.79 Å². The molecule has 15 heavy (non-hydrogen) atoms. The van der Waals surface area contributed by atoms with Crippen molar-refractivity contribution in [1.29, 1.82) is 0 Å². The van der Waals surface area contributed by atoms with Crippen LogP contribution in [0.4, 0.5) is 13.2 Å². The van der Waals surface area contributed by atoms with Crippen LogP contribution in [0.2, 0.25) is 0 Å². The molecule has 0 radical (unpaired) electrons. The first-order valence-electron chi connectivity index (χ1n) is 4.87. The molecule has 1 rings (SSSR count). The fourth-order valence-electron chi connectivity index (χ4n) is 1.41. The van der Waals surface area contributed by atoms with Crippen molar-refractivity contribution in [3.8, 4) is 0 Å². The summed E-state index contributed by atoms with van der Waals surface area (Å²) >= 11 is 1.73. The van der Waals surface area contributed by atoms with E-state index in [1.54, 1.807) is 11.8 Å². The van der Waals surface area contributed by atoms with Gasteiger partial charge >= 0.3 is 6.18 Å². The number of carbonyl (C=O) groups is 1. The summed E-state index contributed by atoms with van der Waals surface area (Å²) in [5.41, 5.74) is 0. The number of ketones is 1. The third-order valence-corrected chi connectivity index (χ3v) is 3.29. The SMILES string of the molecule is O=C(CCC(F)(F)F)CC1CSCCN1. The van der Waals surface area contributed by atoms with E-state index in [1.165, 1.54) is 0 Å². The highest BCUT2D eigenvalue weighted by atomic mass is 32.2. The van der Waals surface area contributed by atoms with E-state index in [2.05, 4.69) is 5.32 Å². The van der Waals surface area contributed by atoms with Crippen LogP contribution in [0.25, 0.3) is 0 Å². The summed E-state index contributed by atoms with van der Waals surface area (Å²) in [6.45, 7) is 0.835. The minimum Gasteiger partial charge on any atom is -0.312 e. The summed E-state index contributed by atoms with van der Waals surface area (Å²) in [5.74, 6) is 1.53. The van der Waals surface area contributed by atoms with Gasteiger partial charge in [0, 0.05) is 36.9 Å². The quantitative estimate of drug-likeness (QED) is 0.816. The van der Waals surface area contributed by atoms with Crippen molar-refractivity contribution in [3.05, 3.63) is 0 Å². The molecule has 2 nitrogen and oxygen atoms in total. The molecule has 6 heteroatoms. The molecule has 1 atom stereocenters. The van der Waals surface area contributed by atoms with Crippen LogP contribution >= 0.6 is 11.8 Å². The zero-order chi connectivity index (χ0) is 11.3. The van der Waals surface area contributed by atoms with Crippen molar-refractivity contribution in [1.82, 2.24) is 5.32 Å². The van der Waals surface area contributed by atoms with Gasteiger partial charge in [0.05, 0.1) is 6.42 Å². The monoisotopic (exact) mass is 241 g/mol. The Kier molecular flexibility index (Phi) is 4.92. The van der Waals surface area contributed by atoms with Gasteiger partial charge in [-0.05, 0) is 0 Å². The molecule has 1 fully saturated rings. The van der Waals surface area contributed by atoms with Crippen LogP contribution in [-0.4, -0.2) is 36.1 Å².